The first-order valence-corrected chi connectivity index (χ1v) is 17.0. The number of carbonyl (C=O) groups is 3. The number of aliphatic carboxylic acids is 1. The number of benzene rings is 2. The lowest BCUT2D eigenvalue weighted by atomic mass is 9.72. The van der Waals surface area contributed by atoms with Crippen molar-refractivity contribution in [1.82, 2.24) is 0 Å². The molecule has 0 unspecified atom stereocenters. The monoisotopic (exact) mass is 711 g/mol. The minimum Gasteiger partial charge on any atom is -0.507 e. The molecule has 0 fully saturated rings. The molecule has 13 heteroatoms. The van der Waals surface area contributed by atoms with Crippen LogP contribution in [0.1, 0.15) is 64.4 Å². The number of phenolic OH excluding ortho intramolecular Hbond substituents is 2. The molecule has 0 saturated carbocycles. The molecule has 0 spiro atoms. The second kappa shape index (κ2) is 15.3. The molecule has 13 nitrogen and oxygen atoms in total. The number of ether oxygens (including phenoxy) is 3. The maximum absolute atomic E-state index is 14.1. The molecule has 3 aliphatic rings. The highest BCUT2D eigenvalue weighted by atomic mass is 16.7. The van der Waals surface area contributed by atoms with Crippen LogP contribution in [0.4, 0.5) is 5.69 Å². The number of aromatic hydroxyl groups is 2. The Labute approximate surface area is 296 Å². The van der Waals surface area contributed by atoms with Crippen LogP contribution in [-0.4, -0.2) is 79.5 Å². The summed E-state index contributed by atoms with van der Waals surface area (Å²) in [5, 5.41) is 67.0. The van der Waals surface area contributed by atoms with Gasteiger partial charge in [0.05, 0.1) is 35.1 Å². The van der Waals surface area contributed by atoms with Crippen LogP contribution in [0.5, 0.6) is 23.0 Å². The van der Waals surface area contributed by atoms with Crippen molar-refractivity contribution < 1.29 is 59.2 Å². The molecule has 0 aromatic heterocycles. The van der Waals surface area contributed by atoms with Gasteiger partial charge in [-0.1, -0.05) is 52.8 Å². The lowest BCUT2D eigenvalue weighted by Crippen LogP contribution is -2.41. The van der Waals surface area contributed by atoms with Gasteiger partial charge in [0.2, 0.25) is 0 Å². The summed E-state index contributed by atoms with van der Waals surface area (Å²) in [6, 6.07) is 1.15. The molecule has 0 saturated heterocycles. The summed E-state index contributed by atoms with van der Waals surface area (Å²) in [5.74, 6) is -8.18. The number of anilines is 1. The van der Waals surface area contributed by atoms with Crippen LogP contribution in [0.25, 0.3) is 10.8 Å². The number of nitrogens with one attached hydrogen (secondary N) is 1. The van der Waals surface area contributed by atoms with Gasteiger partial charge < -0.3 is 50.2 Å². The Kier molecular flexibility index (Phi) is 11.8. The molecule has 3 aliphatic heterocycles. The first-order chi connectivity index (χ1) is 23.9. The zero-order valence-corrected chi connectivity index (χ0v) is 30.1. The predicted molar refractivity (Wildman–Crippen MR) is 189 cm³/mol. The van der Waals surface area contributed by atoms with Gasteiger partial charge in [-0.2, -0.15) is 0 Å². The van der Waals surface area contributed by atoms with Crippen molar-refractivity contribution in [3.05, 3.63) is 53.3 Å². The first kappa shape index (κ1) is 39.2. The second-order valence-electron chi connectivity index (χ2n) is 14.0. The smallest absolute Gasteiger partial charge is 0.341 e. The van der Waals surface area contributed by atoms with E-state index in [1.54, 1.807) is 32.1 Å². The Balaban J connectivity index is 1.91. The average molecular weight is 712 g/mol. The number of carboxylic acids is 1. The highest BCUT2D eigenvalue weighted by Crippen LogP contribution is 2.54. The number of carbonyl (C=O) groups excluding carboxylic acids is 2. The van der Waals surface area contributed by atoms with Gasteiger partial charge >= 0.3 is 11.8 Å². The quantitative estimate of drug-likeness (QED) is 0.213. The predicted octanol–water partition coefficient (Wildman–Crippen LogP) is 4.81. The number of Topliss-reactive ketones (excluding diaryl/α,β-unsaturated/α-hetero) is 1. The van der Waals surface area contributed by atoms with Gasteiger partial charge in [-0.25, -0.2) is 4.79 Å². The van der Waals surface area contributed by atoms with Gasteiger partial charge in [-0.3, -0.25) is 9.59 Å². The molecule has 1 amide bonds. The standard InChI is InChI=1S/C38H49NO12/c1-17-10-9-11-18(2)37(48)39-25-14-26(49-16-27(41)42)28-29(34(25)46)33(45)23(7)35-30(28)36(47)38(8,51-35)50-13-12-24(15-40)20(4)19(3)21(5)32(44)22(6)31(17)43/h9-14,17,19-22,24,31-32,40,43-46H,15-16H2,1-8H3,(H,39,48)(H,41,42)/b10-9+,13-12+,18-11-/t17-,19+,20-,21-,22+,24+,31-,32-,38-/m0/s1. The fourth-order valence-electron chi connectivity index (χ4n) is 6.76. The molecule has 9 atom stereocenters. The van der Waals surface area contributed by atoms with E-state index in [1.807, 2.05) is 20.8 Å². The maximum atomic E-state index is 14.1. The van der Waals surface area contributed by atoms with Crippen LogP contribution in [0.3, 0.4) is 0 Å². The number of amides is 1. The molecular weight excluding hydrogens is 662 g/mol. The van der Waals surface area contributed by atoms with Gasteiger partial charge in [0, 0.05) is 53.9 Å². The van der Waals surface area contributed by atoms with Crippen molar-refractivity contribution in [2.24, 2.45) is 35.5 Å². The van der Waals surface area contributed by atoms with Crippen molar-refractivity contribution >= 4 is 34.1 Å². The van der Waals surface area contributed by atoms with Crippen LogP contribution in [0.15, 0.2) is 42.2 Å². The highest BCUT2D eigenvalue weighted by Gasteiger charge is 2.49. The van der Waals surface area contributed by atoms with E-state index in [4.69, 9.17) is 14.2 Å². The minimum absolute atomic E-state index is 0.0608. The van der Waals surface area contributed by atoms with E-state index in [0.717, 1.165) is 6.07 Å². The molecule has 3 heterocycles. The van der Waals surface area contributed by atoms with Gasteiger partial charge in [0.15, 0.2) is 12.4 Å². The Hall–Kier alpha value is -4.59. The zero-order valence-electron chi connectivity index (χ0n) is 30.1. The van der Waals surface area contributed by atoms with Crippen LogP contribution >= 0.6 is 0 Å². The fourth-order valence-corrected chi connectivity index (χ4v) is 6.76. The number of aliphatic hydroxyl groups is 3. The van der Waals surface area contributed by atoms with E-state index in [9.17, 15) is 45.0 Å². The van der Waals surface area contributed by atoms with E-state index >= 15 is 0 Å². The largest absolute Gasteiger partial charge is 0.507 e. The Morgan fingerprint density at radius 2 is 1.61 bits per heavy atom. The molecule has 2 aromatic carbocycles. The third-order valence-electron chi connectivity index (χ3n) is 10.6. The molecular formula is C38H49NO12. The third-order valence-corrected chi connectivity index (χ3v) is 10.6. The van der Waals surface area contributed by atoms with Gasteiger partial charge in [0.25, 0.3) is 11.7 Å². The Bertz CT molecular complexity index is 1780. The van der Waals surface area contributed by atoms with Crippen molar-refractivity contribution in [3.63, 3.8) is 0 Å². The summed E-state index contributed by atoms with van der Waals surface area (Å²) in [5.41, 5.74) is -0.127. The molecule has 5 rings (SSSR count). The van der Waals surface area contributed by atoms with E-state index < -0.39 is 71.5 Å². The van der Waals surface area contributed by atoms with Gasteiger partial charge in [0.1, 0.15) is 17.2 Å². The topological polar surface area (TPSA) is 212 Å². The number of allylic oxidation sites excluding steroid dienone is 2. The number of rotatable bonds is 4. The minimum atomic E-state index is -1.99. The van der Waals surface area contributed by atoms with Crippen molar-refractivity contribution in [1.29, 1.82) is 0 Å². The average Bonchev–Trinajstić information content (AvgIpc) is 3.36. The van der Waals surface area contributed by atoms with Crippen LogP contribution in [0.2, 0.25) is 0 Å². The van der Waals surface area contributed by atoms with Crippen LogP contribution in [-0.2, 0) is 14.3 Å². The number of aliphatic hydroxyl groups excluding tert-OH is 3. The Morgan fingerprint density at radius 1 is 0.941 bits per heavy atom. The summed E-state index contributed by atoms with van der Waals surface area (Å²) in [7, 11) is 0. The molecule has 0 aliphatic carbocycles. The molecule has 0 radical (unpaired) electrons. The summed E-state index contributed by atoms with van der Waals surface area (Å²) >= 11 is 0. The maximum Gasteiger partial charge on any atom is 0.341 e. The normalized spacial score (nSPS) is 32.8. The summed E-state index contributed by atoms with van der Waals surface area (Å²) in [6.45, 7) is 12.5. The second-order valence-corrected chi connectivity index (χ2v) is 14.0. The number of ketones is 1. The van der Waals surface area contributed by atoms with Gasteiger partial charge in [-0.05, 0) is 37.7 Å². The van der Waals surface area contributed by atoms with E-state index in [1.165, 1.54) is 33.1 Å². The SMILES string of the molecule is C/C1=C/C=C/[C@H](C)[C@H](O)[C@@H](C)[C@@H](O)[C@@H](C)[C@H](C)[C@H](C)[C@@H](CO)/C=C/O[C@@]2(C)Oc3c(C)c(O)c4c(O)c(cc(OCC(=O)O)c4c3C2=O)NC1=O. The first-order valence-electron chi connectivity index (χ1n) is 17.0. The molecule has 51 heavy (non-hydrogen) atoms. The number of fused-ring (bicyclic) bond motifs is 14. The van der Waals surface area contributed by atoms with E-state index in [0.29, 0.717) is 0 Å². The summed E-state index contributed by atoms with van der Waals surface area (Å²) < 4.78 is 17.5. The van der Waals surface area contributed by atoms with Crippen molar-refractivity contribution in [3.8, 4) is 23.0 Å². The molecule has 5 bridgehead atoms. The Morgan fingerprint density at radius 3 is 2.24 bits per heavy atom. The van der Waals surface area contributed by atoms with Gasteiger partial charge in [-0.15, -0.1) is 0 Å². The lowest BCUT2D eigenvalue weighted by Gasteiger charge is -2.37. The van der Waals surface area contributed by atoms with E-state index in [-0.39, 0.29) is 69.0 Å². The molecule has 2 aromatic rings. The number of carboxylic acid groups (broad SMARTS) is 1. The van der Waals surface area contributed by atoms with Crippen molar-refractivity contribution in [2.75, 3.05) is 18.5 Å². The summed E-state index contributed by atoms with van der Waals surface area (Å²) in [6.07, 6.45) is 5.81. The third kappa shape index (κ3) is 7.56. The van der Waals surface area contributed by atoms with Crippen LogP contribution in [0, 0.1) is 42.4 Å². The fraction of sp³-hybridized carbons (Fsp3) is 0.500. The number of phenols is 2. The zero-order chi connectivity index (χ0) is 38.1. The molecule has 7 N–H and O–H groups in total. The van der Waals surface area contributed by atoms with E-state index in [2.05, 4.69) is 5.32 Å². The number of hydrogen-bond donors (Lipinski definition) is 7. The number of hydrogen-bond acceptors (Lipinski definition) is 11. The van der Waals surface area contributed by atoms with Crippen molar-refractivity contribution in [2.45, 2.75) is 73.4 Å². The highest BCUT2D eigenvalue weighted by molar-refractivity contribution is 6.21. The lowest BCUT2D eigenvalue weighted by molar-refractivity contribution is -0.139. The summed E-state index contributed by atoms with van der Waals surface area (Å²) in [4.78, 5) is 38.9. The molecule has 278 valence electrons. The van der Waals surface area contributed by atoms with Crippen LogP contribution < -0.4 is 14.8 Å².